The van der Waals surface area contributed by atoms with Crippen molar-refractivity contribution < 1.29 is 5.11 Å². The molecule has 1 fully saturated rings. The van der Waals surface area contributed by atoms with Gasteiger partial charge in [0, 0.05) is 37.1 Å². The Kier molecular flexibility index (Phi) is 4.49. The monoisotopic (exact) mass is 355 g/mol. The molecule has 1 saturated heterocycles. The van der Waals surface area contributed by atoms with Crippen molar-refractivity contribution >= 4 is 23.1 Å². The second-order valence-electron chi connectivity index (χ2n) is 5.72. The van der Waals surface area contributed by atoms with Crippen molar-refractivity contribution in [2.45, 2.75) is 19.1 Å². The standard InChI is InChI=1S/C16H17N7OS/c24-12-2-6-23(9-12)14-1-3-19-16(22-14)20-7-11-10-25-15(21-11)13-8-17-4-5-18-13/h1,3-5,8,10,12,24H,2,6-7,9H2,(H,19,20,22). The van der Waals surface area contributed by atoms with Gasteiger partial charge in [-0.1, -0.05) is 0 Å². The molecule has 1 aliphatic rings. The molecule has 0 radical (unpaired) electrons. The summed E-state index contributed by atoms with van der Waals surface area (Å²) < 4.78 is 0. The molecule has 0 spiro atoms. The summed E-state index contributed by atoms with van der Waals surface area (Å²) in [6.07, 6.45) is 7.22. The zero-order valence-electron chi connectivity index (χ0n) is 13.4. The summed E-state index contributed by atoms with van der Waals surface area (Å²) in [4.78, 5) is 23.7. The molecule has 3 aromatic heterocycles. The van der Waals surface area contributed by atoms with E-state index in [1.807, 2.05) is 11.4 Å². The van der Waals surface area contributed by atoms with Crippen molar-refractivity contribution in [3.8, 4) is 10.7 Å². The van der Waals surface area contributed by atoms with Gasteiger partial charge in [-0.25, -0.2) is 9.97 Å². The molecular weight excluding hydrogens is 338 g/mol. The number of aliphatic hydroxyl groups is 1. The number of hydrogen-bond donors (Lipinski definition) is 2. The van der Waals surface area contributed by atoms with E-state index in [1.54, 1.807) is 24.8 Å². The number of aliphatic hydroxyl groups excluding tert-OH is 1. The van der Waals surface area contributed by atoms with E-state index in [2.05, 4.69) is 35.1 Å². The zero-order chi connectivity index (χ0) is 17.1. The van der Waals surface area contributed by atoms with Crippen LogP contribution in [-0.4, -0.2) is 49.2 Å². The maximum atomic E-state index is 9.66. The summed E-state index contributed by atoms with van der Waals surface area (Å²) in [7, 11) is 0. The van der Waals surface area contributed by atoms with Crippen molar-refractivity contribution in [3.05, 3.63) is 41.9 Å². The van der Waals surface area contributed by atoms with Gasteiger partial charge in [-0.2, -0.15) is 4.98 Å². The normalized spacial score (nSPS) is 17.0. The average Bonchev–Trinajstić information content (AvgIpc) is 3.30. The van der Waals surface area contributed by atoms with Crippen molar-refractivity contribution in [1.82, 2.24) is 24.9 Å². The fourth-order valence-electron chi connectivity index (χ4n) is 2.65. The number of β-amino-alcohol motifs (C(OH)–C–C–N with tert-alkyl or cyclic N) is 1. The van der Waals surface area contributed by atoms with Crippen LogP contribution in [0.3, 0.4) is 0 Å². The number of aromatic nitrogens is 5. The Morgan fingerprint density at radius 1 is 1.24 bits per heavy atom. The molecule has 128 valence electrons. The van der Waals surface area contributed by atoms with E-state index < -0.39 is 0 Å². The molecular formula is C16H17N7OS. The lowest BCUT2D eigenvalue weighted by atomic mass is 10.3. The highest BCUT2D eigenvalue weighted by molar-refractivity contribution is 7.13. The number of thiazole rings is 1. The van der Waals surface area contributed by atoms with Crippen LogP contribution >= 0.6 is 11.3 Å². The minimum absolute atomic E-state index is 0.277. The van der Waals surface area contributed by atoms with Crippen molar-refractivity contribution in [2.24, 2.45) is 0 Å². The molecule has 9 heteroatoms. The zero-order valence-corrected chi connectivity index (χ0v) is 14.2. The third-order valence-electron chi connectivity index (χ3n) is 3.89. The van der Waals surface area contributed by atoms with E-state index in [4.69, 9.17) is 0 Å². The number of nitrogens with one attached hydrogen (secondary N) is 1. The molecule has 25 heavy (non-hydrogen) atoms. The van der Waals surface area contributed by atoms with Gasteiger partial charge < -0.3 is 15.3 Å². The summed E-state index contributed by atoms with van der Waals surface area (Å²) >= 11 is 1.53. The first-order chi connectivity index (χ1) is 12.3. The van der Waals surface area contributed by atoms with Crippen LogP contribution in [0.5, 0.6) is 0 Å². The molecule has 0 bridgehead atoms. The third kappa shape index (κ3) is 3.72. The second kappa shape index (κ2) is 7.08. The second-order valence-corrected chi connectivity index (χ2v) is 6.57. The smallest absolute Gasteiger partial charge is 0.224 e. The van der Waals surface area contributed by atoms with E-state index in [9.17, 15) is 5.11 Å². The van der Waals surface area contributed by atoms with E-state index in [1.165, 1.54) is 11.3 Å². The minimum atomic E-state index is -0.277. The van der Waals surface area contributed by atoms with Gasteiger partial charge in [-0.15, -0.1) is 11.3 Å². The Bertz CT molecular complexity index is 841. The number of nitrogens with zero attached hydrogens (tertiary/aromatic N) is 6. The minimum Gasteiger partial charge on any atom is -0.391 e. The molecule has 1 atom stereocenters. The molecule has 8 nitrogen and oxygen atoms in total. The largest absolute Gasteiger partial charge is 0.391 e. The van der Waals surface area contributed by atoms with Gasteiger partial charge in [0.05, 0.1) is 24.5 Å². The van der Waals surface area contributed by atoms with Crippen LogP contribution in [0.2, 0.25) is 0 Å². The van der Waals surface area contributed by atoms with E-state index >= 15 is 0 Å². The van der Waals surface area contributed by atoms with E-state index in [0.717, 1.165) is 35.2 Å². The first-order valence-electron chi connectivity index (χ1n) is 7.98. The van der Waals surface area contributed by atoms with Gasteiger partial charge in [0.1, 0.15) is 16.5 Å². The summed E-state index contributed by atoms with van der Waals surface area (Å²) in [5, 5.41) is 15.7. The molecule has 3 aromatic rings. The Hall–Kier alpha value is -2.65. The lowest BCUT2D eigenvalue weighted by Crippen LogP contribution is -2.22. The Balaban J connectivity index is 1.41. The van der Waals surface area contributed by atoms with E-state index in [0.29, 0.717) is 19.0 Å². The molecule has 2 N–H and O–H groups in total. The lowest BCUT2D eigenvalue weighted by Gasteiger charge is -2.16. The van der Waals surface area contributed by atoms with Crippen molar-refractivity contribution in [2.75, 3.05) is 23.3 Å². The molecule has 1 unspecified atom stereocenters. The maximum Gasteiger partial charge on any atom is 0.224 e. The molecule has 0 saturated carbocycles. The lowest BCUT2D eigenvalue weighted by molar-refractivity contribution is 0.198. The molecule has 4 rings (SSSR count). The van der Waals surface area contributed by atoms with Gasteiger partial charge in [-0.3, -0.25) is 9.97 Å². The predicted octanol–water partition coefficient (Wildman–Crippen LogP) is 1.57. The summed E-state index contributed by atoms with van der Waals surface area (Å²) in [5.41, 5.74) is 1.67. The van der Waals surface area contributed by atoms with Crippen LogP contribution in [-0.2, 0) is 6.54 Å². The van der Waals surface area contributed by atoms with Crippen molar-refractivity contribution in [3.63, 3.8) is 0 Å². The van der Waals surface area contributed by atoms with Crippen LogP contribution in [0.4, 0.5) is 11.8 Å². The Morgan fingerprint density at radius 3 is 3.00 bits per heavy atom. The fourth-order valence-corrected chi connectivity index (χ4v) is 3.43. The summed E-state index contributed by atoms with van der Waals surface area (Å²) in [5.74, 6) is 1.38. The SMILES string of the molecule is OC1CCN(c2ccnc(NCc3csc(-c4cnccn4)n3)n2)C1. The van der Waals surface area contributed by atoms with Crippen LogP contribution < -0.4 is 10.2 Å². The number of rotatable bonds is 5. The van der Waals surface area contributed by atoms with Crippen LogP contribution in [0.25, 0.3) is 10.7 Å². The molecule has 4 heterocycles. The molecule has 0 aliphatic carbocycles. The quantitative estimate of drug-likeness (QED) is 0.711. The molecule has 0 aromatic carbocycles. The first-order valence-corrected chi connectivity index (χ1v) is 8.86. The van der Waals surface area contributed by atoms with Gasteiger partial charge >= 0.3 is 0 Å². The highest BCUT2D eigenvalue weighted by Gasteiger charge is 2.21. The van der Waals surface area contributed by atoms with Crippen LogP contribution in [0, 0.1) is 0 Å². The number of hydrogen-bond acceptors (Lipinski definition) is 9. The van der Waals surface area contributed by atoms with Crippen LogP contribution in [0.1, 0.15) is 12.1 Å². The highest BCUT2D eigenvalue weighted by atomic mass is 32.1. The average molecular weight is 355 g/mol. The topological polar surface area (TPSA) is 100.0 Å². The number of anilines is 2. The summed E-state index contributed by atoms with van der Waals surface area (Å²) in [6, 6.07) is 1.86. The molecule has 1 aliphatic heterocycles. The third-order valence-corrected chi connectivity index (χ3v) is 4.80. The fraction of sp³-hybridized carbons (Fsp3) is 0.312. The maximum absolute atomic E-state index is 9.66. The van der Waals surface area contributed by atoms with E-state index in [-0.39, 0.29) is 6.10 Å². The first kappa shape index (κ1) is 15.9. The van der Waals surface area contributed by atoms with Gasteiger partial charge in [0.15, 0.2) is 0 Å². The predicted molar refractivity (Wildman–Crippen MR) is 95.3 cm³/mol. The van der Waals surface area contributed by atoms with Crippen molar-refractivity contribution in [1.29, 1.82) is 0 Å². The van der Waals surface area contributed by atoms with Gasteiger partial charge in [0.2, 0.25) is 5.95 Å². The molecule has 0 amide bonds. The Labute approximate surface area is 148 Å². The van der Waals surface area contributed by atoms with Crippen LogP contribution in [0.15, 0.2) is 36.2 Å². The van der Waals surface area contributed by atoms with Gasteiger partial charge in [0.25, 0.3) is 0 Å². The van der Waals surface area contributed by atoms with Gasteiger partial charge in [-0.05, 0) is 12.5 Å². The summed E-state index contributed by atoms with van der Waals surface area (Å²) in [6.45, 7) is 1.96. The Morgan fingerprint density at radius 2 is 2.20 bits per heavy atom. The highest BCUT2D eigenvalue weighted by Crippen LogP contribution is 2.22.